The van der Waals surface area contributed by atoms with Crippen LogP contribution < -0.4 is 0 Å². The summed E-state index contributed by atoms with van der Waals surface area (Å²) in [6, 6.07) is -0.705. The zero-order valence-electron chi connectivity index (χ0n) is 14.0. The van der Waals surface area contributed by atoms with E-state index in [2.05, 4.69) is 13.8 Å². The molecule has 2 bridgehead atoms. The van der Waals surface area contributed by atoms with E-state index in [0.717, 1.165) is 25.6 Å². The minimum Gasteiger partial charge on any atom is -0.551 e. The van der Waals surface area contributed by atoms with Gasteiger partial charge in [-0.25, -0.2) is 0 Å². The van der Waals surface area contributed by atoms with Crippen LogP contribution in [-0.2, 0) is 46.9 Å². The minimum atomic E-state index is -0.519. The molecule has 3 heterocycles. The Morgan fingerprint density at radius 3 is 2.04 bits per heavy atom. The van der Waals surface area contributed by atoms with Gasteiger partial charge in [-0.3, -0.25) is 0 Å². The van der Waals surface area contributed by atoms with E-state index in [9.17, 15) is 5.11 Å². The second-order valence-corrected chi connectivity index (χ2v) is 6.25. The Labute approximate surface area is 169 Å². The van der Waals surface area contributed by atoms with Crippen LogP contribution in [0.1, 0.15) is 48.0 Å². The molecule has 2 unspecified atom stereocenters. The Hall–Kier alpha value is 1.07. The first-order chi connectivity index (χ1) is 9.86. The van der Waals surface area contributed by atoms with Crippen molar-refractivity contribution in [2.45, 2.75) is 77.8 Å². The molecule has 3 saturated heterocycles. The van der Waals surface area contributed by atoms with Crippen molar-refractivity contribution in [3.8, 4) is 0 Å². The zero-order valence-corrected chi connectivity index (χ0v) is 16.8. The molecule has 0 aliphatic carbocycles. The van der Waals surface area contributed by atoms with Gasteiger partial charge in [0.15, 0.2) is 0 Å². The van der Waals surface area contributed by atoms with Crippen molar-refractivity contribution in [3.63, 3.8) is 0 Å². The third-order valence-corrected chi connectivity index (χ3v) is 5.13. The predicted octanol–water partition coefficient (Wildman–Crippen LogP) is 1.78. The maximum atomic E-state index is 9.30. The van der Waals surface area contributed by atoms with Gasteiger partial charge in [-0.05, 0) is 6.42 Å². The number of aliphatic hydroxyl groups excluding tert-OH is 1. The van der Waals surface area contributed by atoms with Crippen LogP contribution >= 0.6 is 0 Å². The molecule has 3 fully saturated rings. The number of hydrogen-bond donors (Lipinski definition) is 1. The first kappa shape index (κ1) is 24.1. The number of aliphatic hydroxyl groups is 1. The summed E-state index contributed by atoms with van der Waals surface area (Å²) in [5, 5.41) is 9.30. The molecule has 0 aromatic rings. The number of hydrogen-bond acceptors (Lipinski definition) is 4. The number of fused-ring (bicyclic) bond motifs is 2. The fourth-order valence-electron chi connectivity index (χ4n) is 3.41. The van der Waals surface area contributed by atoms with Crippen molar-refractivity contribution >= 4 is 15.7 Å². The van der Waals surface area contributed by atoms with Crippen molar-refractivity contribution < 1.29 is 52.0 Å². The second kappa shape index (κ2) is 9.68. The first-order valence-corrected chi connectivity index (χ1v) is 7.87. The van der Waals surface area contributed by atoms with Gasteiger partial charge in [-0.15, -0.1) is 5.92 Å². The van der Waals surface area contributed by atoms with Gasteiger partial charge in [-0.2, -0.15) is 12.5 Å². The van der Waals surface area contributed by atoms with Gasteiger partial charge in [0.05, 0.1) is 18.3 Å². The fraction of sp³-hybridized carbons (Fsp3) is 0.938. The Balaban J connectivity index is 0.000000389. The SMILES string of the molecule is C.[B][C@@H]1O[C-](CC)C(C)[C@@H]1O.[B][C@@H]1O[C@]2(CC)CO[C@@H]1C2C.[Y]. The molecule has 1 N–H and O–H groups in total. The normalized spacial score (nSPS) is 44.9. The average Bonchev–Trinajstić information content (AvgIpc) is 3.02. The Morgan fingerprint density at radius 2 is 1.83 bits per heavy atom. The molecule has 0 amide bonds. The standard InChI is InChI=1S/C8H13BO2.C7H12BO2.CH4.Y/c1-3-8-4-10-6(5(8)2)7(9)11-8;1-3-5-4(2)6(9)7(8)10-5;;/h5-7H,3-4H2,1-2H3;4,6-7,9H,3H2,1-2H3;1H4;/q;-1;;/t5?,6-,7-,8-;4?,6-,7+;;/m10../s1. The van der Waals surface area contributed by atoms with E-state index in [1.165, 1.54) is 0 Å². The van der Waals surface area contributed by atoms with Crippen LogP contribution in [0.5, 0.6) is 0 Å². The van der Waals surface area contributed by atoms with Crippen LogP contribution in [0, 0.1) is 17.9 Å². The summed E-state index contributed by atoms with van der Waals surface area (Å²) in [5.41, 5.74) is -0.0654. The molecule has 127 valence electrons. The van der Waals surface area contributed by atoms with Crippen LogP contribution in [0.2, 0.25) is 0 Å². The second-order valence-electron chi connectivity index (χ2n) is 6.25. The summed E-state index contributed by atoms with van der Waals surface area (Å²) in [4.78, 5) is 0. The molecule has 0 spiro atoms. The van der Waals surface area contributed by atoms with Gasteiger partial charge < -0.3 is 19.3 Å². The topological polar surface area (TPSA) is 47.9 Å². The smallest absolute Gasteiger partial charge is 0.112 e. The molecule has 7 atom stereocenters. The average molecular weight is 396 g/mol. The summed E-state index contributed by atoms with van der Waals surface area (Å²) in [6.45, 7) is 8.93. The molecule has 4 nitrogen and oxygen atoms in total. The molecule has 0 saturated carbocycles. The Morgan fingerprint density at radius 1 is 1.22 bits per heavy atom. The van der Waals surface area contributed by atoms with Crippen LogP contribution in [0.3, 0.4) is 0 Å². The van der Waals surface area contributed by atoms with E-state index < -0.39 is 12.1 Å². The van der Waals surface area contributed by atoms with E-state index in [1.807, 2.05) is 13.8 Å². The van der Waals surface area contributed by atoms with E-state index in [0.29, 0.717) is 5.92 Å². The van der Waals surface area contributed by atoms with E-state index in [4.69, 9.17) is 29.9 Å². The van der Waals surface area contributed by atoms with Gasteiger partial charge in [0.2, 0.25) is 0 Å². The summed E-state index contributed by atoms with van der Waals surface area (Å²) >= 11 is 0. The fourth-order valence-corrected chi connectivity index (χ4v) is 3.41. The molecule has 0 aromatic heterocycles. The van der Waals surface area contributed by atoms with E-state index >= 15 is 0 Å². The maximum Gasteiger partial charge on any atom is 0.112 e. The van der Waals surface area contributed by atoms with Crippen molar-refractivity contribution in [1.82, 2.24) is 0 Å². The third kappa shape index (κ3) is 4.62. The molecule has 23 heavy (non-hydrogen) atoms. The van der Waals surface area contributed by atoms with Crippen molar-refractivity contribution in [2.24, 2.45) is 11.8 Å². The first-order valence-electron chi connectivity index (χ1n) is 7.87. The van der Waals surface area contributed by atoms with Crippen LogP contribution in [0.4, 0.5) is 0 Å². The molecular formula is C16H29B2O4Y-. The van der Waals surface area contributed by atoms with Gasteiger partial charge >= 0.3 is 0 Å². The quantitative estimate of drug-likeness (QED) is 0.572. The molecule has 7 heteroatoms. The van der Waals surface area contributed by atoms with Gasteiger partial charge in [0.25, 0.3) is 0 Å². The molecule has 3 rings (SSSR count). The minimum absolute atomic E-state index is 0. The van der Waals surface area contributed by atoms with Crippen LogP contribution in [0.25, 0.3) is 0 Å². The molecular weight excluding hydrogens is 367 g/mol. The van der Waals surface area contributed by atoms with E-state index in [1.54, 1.807) is 0 Å². The number of rotatable bonds is 2. The van der Waals surface area contributed by atoms with Crippen molar-refractivity contribution in [2.75, 3.05) is 6.61 Å². The summed E-state index contributed by atoms with van der Waals surface area (Å²) < 4.78 is 16.4. The maximum absolute atomic E-state index is 9.30. The Bertz CT molecular complexity index is 363. The van der Waals surface area contributed by atoms with Crippen molar-refractivity contribution in [1.29, 1.82) is 0 Å². The van der Waals surface area contributed by atoms with Gasteiger partial charge in [0.1, 0.15) is 15.7 Å². The number of ether oxygens (including phenoxy) is 3. The van der Waals surface area contributed by atoms with Gasteiger partial charge in [-0.1, -0.05) is 35.1 Å². The molecule has 3 aliphatic heterocycles. The summed E-state index contributed by atoms with van der Waals surface area (Å²) in [5.74, 6) is 0.558. The van der Waals surface area contributed by atoms with Crippen LogP contribution in [-0.4, -0.2) is 57.2 Å². The predicted molar refractivity (Wildman–Crippen MR) is 88.6 cm³/mol. The third-order valence-electron chi connectivity index (χ3n) is 5.13. The Kier molecular flexibility index (Phi) is 10.1. The largest absolute Gasteiger partial charge is 0.551 e. The van der Waals surface area contributed by atoms with Crippen LogP contribution in [0.15, 0.2) is 0 Å². The van der Waals surface area contributed by atoms with Gasteiger partial charge in [0, 0.05) is 56.7 Å². The van der Waals surface area contributed by atoms with Crippen molar-refractivity contribution in [3.05, 3.63) is 6.10 Å². The molecule has 3 aliphatic rings. The van der Waals surface area contributed by atoms with E-state index in [-0.39, 0.29) is 63.8 Å². The summed E-state index contributed by atoms with van der Waals surface area (Å²) in [6.07, 6.45) is 2.37. The zero-order chi connectivity index (χ0) is 15.8. The monoisotopic (exact) mass is 396 g/mol. The molecule has 0 aromatic carbocycles. The summed E-state index contributed by atoms with van der Waals surface area (Å²) in [7, 11) is 11.2. The molecule has 5 radical (unpaired) electrons.